The number of nitriles is 1. The van der Waals surface area contributed by atoms with Crippen LogP contribution >= 0.6 is 0 Å². The highest BCUT2D eigenvalue weighted by atomic mass is 16.2. The summed E-state index contributed by atoms with van der Waals surface area (Å²) in [7, 11) is 0. The summed E-state index contributed by atoms with van der Waals surface area (Å²) < 4.78 is 1.43. The molecule has 1 amide bonds. The van der Waals surface area contributed by atoms with Crippen molar-refractivity contribution in [1.82, 2.24) is 24.7 Å². The Kier molecular flexibility index (Phi) is 1.65. The first-order valence-electron chi connectivity index (χ1n) is 4.66. The van der Waals surface area contributed by atoms with Crippen LogP contribution in [0, 0.1) is 11.3 Å². The molecule has 1 aliphatic heterocycles. The highest BCUT2D eigenvalue weighted by molar-refractivity contribution is 5.96. The summed E-state index contributed by atoms with van der Waals surface area (Å²) in [6.07, 6.45) is 4.53. The van der Waals surface area contributed by atoms with E-state index >= 15 is 0 Å². The molecule has 0 bridgehead atoms. The zero-order chi connectivity index (χ0) is 11.1. The molecule has 3 heterocycles. The molecule has 1 unspecified atom stereocenters. The van der Waals surface area contributed by atoms with Gasteiger partial charge < -0.3 is 4.90 Å². The number of aromatic nitrogens is 4. The van der Waals surface area contributed by atoms with E-state index in [-0.39, 0.29) is 11.9 Å². The van der Waals surface area contributed by atoms with Gasteiger partial charge in [0.1, 0.15) is 6.04 Å². The number of amides is 1. The SMILES string of the molecule is N#CC1CN1C(=O)c1cnc2cnnn2c1. The van der Waals surface area contributed by atoms with E-state index < -0.39 is 0 Å². The molecule has 0 N–H and O–H groups in total. The Bertz CT molecular complexity index is 612. The van der Waals surface area contributed by atoms with E-state index in [4.69, 9.17) is 5.26 Å². The average Bonchev–Trinajstić information content (AvgIpc) is 2.96. The van der Waals surface area contributed by atoms with E-state index in [2.05, 4.69) is 15.3 Å². The van der Waals surface area contributed by atoms with Gasteiger partial charge in [-0.2, -0.15) is 5.26 Å². The van der Waals surface area contributed by atoms with Gasteiger partial charge in [0.15, 0.2) is 5.65 Å². The van der Waals surface area contributed by atoms with E-state index in [1.165, 1.54) is 21.8 Å². The van der Waals surface area contributed by atoms with Gasteiger partial charge in [0.2, 0.25) is 0 Å². The number of carbonyl (C=O) groups excluding carboxylic acids is 1. The van der Waals surface area contributed by atoms with Crippen LogP contribution in [0.2, 0.25) is 0 Å². The number of hydrogen-bond donors (Lipinski definition) is 0. The van der Waals surface area contributed by atoms with Crippen LogP contribution in [-0.4, -0.2) is 43.2 Å². The minimum Gasteiger partial charge on any atom is -0.318 e. The number of nitrogens with zero attached hydrogens (tertiary/aromatic N) is 6. The zero-order valence-corrected chi connectivity index (χ0v) is 8.11. The Morgan fingerprint density at radius 3 is 3.19 bits per heavy atom. The Balaban J connectivity index is 1.94. The molecule has 1 aliphatic rings. The molecule has 0 aromatic carbocycles. The van der Waals surface area contributed by atoms with E-state index in [0.717, 1.165) is 0 Å². The van der Waals surface area contributed by atoms with Crippen molar-refractivity contribution < 1.29 is 4.79 Å². The fourth-order valence-corrected chi connectivity index (χ4v) is 1.47. The second kappa shape index (κ2) is 3.00. The van der Waals surface area contributed by atoms with Gasteiger partial charge in [-0.05, 0) is 0 Å². The van der Waals surface area contributed by atoms with Crippen molar-refractivity contribution >= 4 is 11.6 Å². The molecule has 16 heavy (non-hydrogen) atoms. The maximum absolute atomic E-state index is 11.8. The molecular weight excluding hydrogens is 208 g/mol. The van der Waals surface area contributed by atoms with Gasteiger partial charge in [0, 0.05) is 12.4 Å². The minimum absolute atomic E-state index is 0.198. The van der Waals surface area contributed by atoms with Crippen LogP contribution in [0.4, 0.5) is 0 Å². The third-order valence-electron chi connectivity index (χ3n) is 2.42. The van der Waals surface area contributed by atoms with E-state index in [0.29, 0.717) is 17.8 Å². The summed E-state index contributed by atoms with van der Waals surface area (Å²) in [6, 6.07) is 1.73. The fourth-order valence-electron chi connectivity index (χ4n) is 1.47. The predicted molar refractivity (Wildman–Crippen MR) is 51.2 cm³/mol. The van der Waals surface area contributed by atoms with Gasteiger partial charge in [-0.15, -0.1) is 5.10 Å². The number of carbonyl (C=O) groups is 1. The second-order valence-corrected chi connectivity index (χ2v) is 3.48. The highest BCUT2D eigenvalue weighted by Gasteiger charge is 2.39. The van der Waals surface area contributed by atoms with Crippen LogP contribution in [0.1, 0.15) is 10.4 Å². The second-order valence-electron chi connectivity index (χ2n) is 3.48. The first-order valence-corrected chi connectivity index (χ1v) is 4.66. The van der Waals surface area contributed by atoms with Crippen molar-refractivity contribution in [3.8, 4) is 6.07 Å². The maximum Gasteiger partial charge on any atom is 0.258 e. The highest BCUT2D eigenvalue weighted by Crippen LogP contribution is 2.19. The standard InChI is InChI=1S/C9H6N6O/c10-1-7-5-14(7)9(16)6-2-11-8-3-12-13-15(8)4-6/h2-4,7H,5H2. The minimum atomic E-state index is -0.293. The first kappa shape index (κ1) is 8.79. The van der Waals surface area contributed by atoms with Crippen LogP contribution in [-0.2, 0) is 0 Å². The fraction of sp³-hybridized carbons (Fsp3) is 0.222. The van der Waals surface area contributed by atoms with Crippen molar-refractivity contribution in [2.24, 2.45) is 0 Å². The predicted octanol–water partition coefficient (Wildman–Crippen LogP) is -0.528. The monoisotopic (exact) mass is 214 g/mol. The summed E-state index contributed by atoms with van der Waals surface area (Å²) >= 11 is 0. The summed E-state index contributed by atoms with van der Waals surface area (Å²) in [4.78, 5) is 17.3. The molecule has 1 saturated heterocycles. The van der Waals surface area contributed by atoms with Gasteiger partial charge in [-0.3, -0.25) is 4.79 Å². The molecule has 7 heteroatoms. The largest absolute Gasteiger partial charge is 0.318 e. The molecule has 3 rings (SSSR count). The van der Waals surface area contributed by atoms with Crippen LogP contribution < -0.4 is 0 Å². The number of fused-ring (bicyclic) bond motifs is 1. The van der Waals surface area contributed by atoms with Gasteiger partial charge >= 0.3 is 0 Å². The van der Waals surface area contributed by atoms with Crippen LogP contribution in [0.3, 0.4) is 0 Å². The van der Waals surface area contributed by atoms with Gasteiger partial charge in [-0.25, -0.2) is 9.50 Å². The smallest absolute Gasteiger partial charge is 0.258 e. The van der Waals surface area contributed by atoms with Crippen molar-refractivity contribution in [2.45, 2.75) is 6.04 Å². The van der Waals surface area contributed by atoms with Crippen LogP contribution in [0.25, 0.3) is 5.65 Å². The summed E-state index contributed by atoms with van der Waals surface area (Å²) in [5, 5.41) is 16.0. The van der Waals surface area contributed by atoms with E-state index in [1.54, 1.807) is 6.20 Å². The Hall–Kier alpha value is -2.49. The molecule has 2 aromatic rings. The van der Waals surface area contributed by atoms with E-state index in [9.17, 15) is 4.79 Å². The third kappa shape index (κ3) is 1.20. The lowest BCUT2D eigenvalue weighted by Crippen LogP contribution is -2.14. The lowest BCUT2D eigenvalue weighted by atomic mass is 10.3. The third-order valence-corrected chi connectivity index (χ3v) is 2.42. The van der Waals surface area contributed by atoms with Crippen molar-refractivity contribution in [1.29, 1.82) is 5.26 Å². The lowest BCUT2D eigenvalue weighted by molar-refractivity contribution is 0.0878. The lowest BCUT2D eigenvalue weighted by Gasteiger charge is -2.01. The average molecular weight is 214 g/mol. The van der Waals surface area contributed by atoms with Crippen molar-refractivity contribution in [3.05, 3.63) is 24.2 Å². The Morgan fingerprint density at radius 2 is 2.44 bits per heavy atom. The summed E-state index contributed by atoms with van der Waals surface area (Å²) in [5.41, 5.74) is 0.995. The van der Waals surface area contributed by atoms with Gasteiger partial charge in [0.05, 0.1) is 24.4 Å². The first-order chi connectivity index (χ1) is 7.79. The number of hydrogen-bond acceptors (Lipinski definition) is 5. The molecule has 78 valence electrons. The Morgan fingerprint density at radius 1 is 1.56 bits per heavy atom. The maximum atomic E-state index is 11.8. The summed E-state index contributed by atoms with van der Waals surface area (Å²) in [5.74, 6) is -0.198. The normalized spacial score (nSPS) is 18.4. The summed E-state index contributed by atoms with van der Waals surface area (Å²) in [6.45, 7) is 0.491. The molecule has 2 aromatic heterocycles. The topological polar surface area (TPSA) is 87.0 Å². The van der Waals surface area contributed by atoms with Gasteiger partial charge in [-0.1, -0.05) is 5.21 Å². The molecule has 1 fully saturated rings. The van der Waals surface area contributed by atoms with Crippen molar-refractivity contribution in [2.75, 3.05) is 6.54 Å². The molecule has 0 radical (unpaired) electrons. The van der Waals surface area contributed by atoms with Crippen LogP contribution in [0.15, 0.2) is 18.6 Å². The zero-order valence-electron chi connectivity index (χ0n) is 8.11. The molecular formula is C9H6N6O. The van der Waals surface area contributed by atoms with Crippen molar-refractivity contribution in [3.63, 3.8) is 0 Å². The van der Waals surface area contributed by atoms with E-state index in [1.807, 2.05) is 6.07 Å². The molecule has 7 nitrogen and oxygen atoms in total. The molecule has 0 aliphatic carbocycles. The van der Waals surface area contributed by atoms with Gasteiger partial charge in [0.25, 0.3) is 5.91 Å². The molecule has 0 saturated carbocycles. The molecule has 1 atom stereocenters. The quantitative estimate of drug-likeness (QED) is 0.595. The van der Waals surface area contributed by atoms with Crippen LogP contribution in [0.5, 0.6) is 0 Å². The molecule has 0 spiro atoms. The Labute approximate surface area is 89.9 Å². The number of rotatable bonds is 1.